The highest BCUT2D eigenvalue weighted by atomic mass is 16.5. The van der Waals surface area contributed by atoms with Gasteiger partial charge in [0.05, 0.1) is 5.52 Å². The number of benzene rings is 1. The highest BCUT2D eigenvalue weighted by Gasteiger charge is 2.21. The van der Waals surface area contributed by atoms with Gasteiger partial charge in [-0.05, 0) is 67.7 Å². The molecule has 1 aliphatic rings. The first-order valence-corrected chi connectivity index (χ1v) is 10.6. The lowest BCUT2D eigenvalue weighted by atomic mass is 10.1. The van der Waals surface area contributed by atoms with Gasteiger partial charge in [-0.15, -0.1) is 0 Å². The first-order valence-electron chi connectivity index (χ1n) is 10.6. The van der Waals surface area contributed by atoms with Crippen LogP contribution < -0.4 is 0 Å². The number of fused-ring (bicyclic) bond motifs is 3. The third-order valence-electron chi connectivity index (χ3n) is 6.00. The summed E-state index contributed by atoms with van der Waals surface area (Å²) < 4.78 is 7.69. The molecule has 4 nitrogen and oxygen atoms in total. The number of methoxy groups -OCH3 is 1. The topological polar surface area (TPSA) is 30.3 Å². The monoisotopic (exact) mass is 389 g/mol. The second kappa shape index (κ2) is 8.93. The Morgan fingerprint density at radius 3 is 2.72 bits per heavy atom. The maximum atomic E-state index is 5.24. The molecular weight excluding hydrogens is 358 g/mol. The van der Waals surface area contributed by atoms with Crippen molar-refractivity contribution in [3.05, 3.63) is 65.1 Å². The minimum atomic E-state index is 0.839. The Morgan fingerprint density at radius 2 is 1.93 bits per heavy atom. The summed E-state index contributed by atoms with van der Waals surface area (Å²) >= 11 is 0. The van der Waals surface area contributed by atoms with Crippen LogP contribution in [0.25, 0.3) is 22.7 Å². The van der Waals surface area contributed by atoms with E-state index in [2.05, 4.69) is 64.8 Å². The van der Waals surface area contributed by atoms with Gasteiger partial charge in [-0.2, -0.15) is 0 Å². The van der Waals surface area contributed by atoms with Crippen molar-refractivity contribution < 1.29 is 4.74 Å². The minimum absolute atomic E-state index is 0.839. The summed E-state index contributed by atoms with van der Waals surface area (Å²) in [6, 6.07) is 11.0. The molecule has 0 atom stereocenters. The van der Waals surface area contributed by atoms with Gasteiger partial charge in [0.15, 0.2) is 0 Å². The fourth-order valence-electron chi connectivity index (χ4n) is 4.43. The third-order valence-corrected chi connectivity index (χ3v) is 6.00. The van der Waals surface area contributed by atoms with E-state index >= 15 is 0 Å². The van der Waals surface area contributed by atoms with E-state index in [0.717, 1.165) is 45.5 Å². The van der Waals surface area contributed by atoms with E-state index in [4.69, 9.17) is 4.74 Å². The van der Waals surface area contributed by atoms with Crippen molar-refractivity contribution in [3.63, 3.8) is 0 Å². The molecule has 0 N–H and O–H groups in total. The average Bonchev–Trinajstić information content (AvgIpc) is 2.88. The molecule has 3 heterocycles. The molecule has 2 aromatic heterocycles. The second-order valence-corrected chi connectivity index (χ2v) is 8.05. The fourth-order valence-corrected chi connectivity index (χ4v) is 4.43. The molecule has 1 aliphatic heterocycles. The van der Waals surface area contributed by atoms with E-state index in [9.17, 15) is 0 Å². The van der Waals surface area contributed by atoms with Crippen molar-refractivity contribution >= 4 is 22.7 Å². The van der Waals surface area contributed by atoms with Crippen LogP contribution in [0.15, 0.2) is 42.7 Å². The lowest BCUT2D eigenvalue weighted by molar-refractivity contribution is 0.173. The van der Waals surface area contributed by atoms with Crippen LogP contribution in [0.4, 0.5) is 0 Å². The Bertz CT molecular complexity index is 1000. The van der Waals surface area contributed by atoms with Gasteiger partial charge in [-0.3, -0.25) is 4.98 Å². The molecule has 0 unspecified atom stereocenters. The average molecular weight is 390 g/mol. The highest BCUT2D eigenvalue weighted by Crippen LogP contribution is 2.31. The summed E-state index contributed by atoms with van der Waals surface area (Å²) in [5, 5.41) is 1.41. The van der Waals surface area contributed by atoms with Crippen LogP contribution in [0, 0.1) is 6.92 Å². The summed E-state index contributed by atoms with van der Waals surface area (Å²) in [6.45, 7) is 8.56. The smallest absolute Gasteiger partial charge is 0.0528 e. The SMILES string of the molecule is COCCCN1CCc2c(n(/C=C(\C)c3ccncc3)c3ccc(C)cc23)CC1. The van der Waals surface area contributed by atoms with Crippen molar-refractivity contribution in [2.45, 2.75) is 33.1 Å². The maximum absolute atomic E-state index is 5.24. The van der Waals surface area contributed by atoms with Crippen molar-refractivity contribution in [3.8, 4) is 0 Å². The minimum Gasteiger partial charge on any atom is -0.385 e. The van der Waals surface area contributed by atoms with Crippen LogP contribution in [-0.4, -0.2) is 47.8 Å². The number of allylic oxidation sites excluding steroid dienone is 1. The molecule has 0 radical (unpaired) electrons. The zero-order valence-electron chi connectivity index (χ0n) is 17.8. The Morgan fingerprint density at radius 1 is 1.14 bits per heavy atom. The standard InChI is InChI=1S/C25H31N3O/c1-19-5-6-24-23(17-19)22-9-14-27(13-4-16-29-3)15-10-25(22)28(24)18-20(2)21-7-11-26-12-8-21/h5-8,11-12,17-18H,4,9-10,13-16H2,1-3H3/b20-18+. The van der Waals surface area contributed by atoms with Crippen LogP contribution in [0.1, 0.15) is 35.7 Å². The summed E-state index contributed by atoms with van der Waals surface area (Å²) in [6.07, 6.45) is 9.33. The summed E-state index contributed by atoms with van der Waals surface area (Å²) in [5.74, 6) is 0. The molecule has 0 saturated heterocycles. The lowest BCUT2D eigenvalue weighted by Gasteiger charge is -2.19. The molecular formula is C25H31N3O. The second-order valence-electron chi connectivity index (χ2n) is 8.05. The first-order chi connectivity index (χ1) is 14.2. The van der Waals surface area contributed by atoms with Crippen molar-refractivity contribution in [1.82, 2.24) is 14.5 Å². The van der Waals surface area contributed by atoms with Crippen molar-refractivity contribution in [2.24, 2.45) is 0 Å². The molecule has 0 bridgehead atoms. The number of pyridine rings is 1. The third kappa shape index (κ3) is 4.29. The lowest BCUT2D eigenvalue weighted by Crippen LogP contribution is -2.28. The predicted octanol–water partition coefficient (Wildman–Crippen LogP) is 4.80. The molecule has 0 spiro atoms. The molecule has 29 heavy (non-hydrogen) atoms. The van der Waals surface area contributed by atoms with Gasteiger partial charge in [-0.25, -0.2) is 0 Å². The Hall–Kier alpha value is -2.43. The van der Waals surface area contributed by atoms with Gasteiger partial charge in [-0.1, -0.05) is 11.6 Å². The van der Waals surface area contributed by atoms with Crippen molar-refractivity contribution in [2.75, 3.05) is 33.4 Å². The van der Waals surface area contributed by atoms with Crippen LogP contribution in [-0.2, 0) is 17.6 Å². The highest BCUT2D eigenvalue weighted by molar-refractivity contribution is 5.90. The van der Waals surface area contributed by atoms with Gasteiger partial charge in [0, 0.05) is 69.4 Å². The number of hydrogen-bond donors (Lipinski definition) is 0. The normalized spacial score (nSPS) is 15.5. The van der Waals surface area contributed by atoms with E-state index in [1.54, 1.807) is 7.11 Å². The molecule has 0 fully saturated rings. The van der Waals surface area contributed by atoms with Crippen LogP contribution in [0.3, 0.4) is 0 Å². The number of rotatable bonds is 6. The van der Waals surface area contributed by atoms with E-state index in [1.807, 2.05) is 12.4 Å². The van der Waals surface area contributed by atoms with Gasteiger partial charge < -0.3 is 14.2 Å². The first kappa shape index (κ1) is 19.9. The van der Waals surface area contributed by atoms with E-state index in [0.29, 0.717) is 0 Å². The summed E-state index contributed by atoms with van der Waals surface area (Å²) in [5.41, 5.74) is 8.12. The van der Waals surface area contributed by atoms with E-state index in [1.165, 1.54) is 38.9 Å². The molecule has 3 aromatic rings. The number of aromatic nitrogens is 2. The zero-order chi connectivity index (χ0) is 20.2. The Balaban J connectivity index is 1.72. The van der Waals surface area contributed by atoms with Crippen molar-refractivity contribution in [1.29, 1.82) is 0 Å². The Labute approximate surface area is 173 Å². The molecule has 4 heteroatoms. The number of nitrogens with zero attached hydrogens (tertiary/aromatic N) is 3. The van der Waals surface area contributed by atoms with Crippen LogP contribution >= 0.6 is 0 Å². The number of hydrogen-bond acceptors (Lipinski definition) is 3. The van der Waals surface area contributed by atoms with Crippen LogP contribution in [0.2, 0.25) is 0 Å². The van der Waals surface area contributed by atoms with E-state index < -0.39 is 0 Å². The molecule has 152 valence electrons. The molecule has 0 aliphatic carbocycles. The largest absolute Gasteiger partial charge is 0.385 e. The van der Waals surface area contributed by atoms with E-state index in [-0.39, 0.29) is 0 Å². The van der Waals surface area contributed by atoms with Gasteiger partial charge >= 0.3 is 0 Å². The number of aryl methyl sites for hydroxylation is 1. The van der Waals surface area contributed by atoms with Crippen LogP contribution in [0.5, 0.6) is 0 Å². The quantitative estimate of drug-likeness (QED) is 0.567. The molecule has 0 saturated carbocycles. The fraction of sp³-hybridized carbons (Fsp3) is 0.400. The van der Waals surface area contributed by atoms with Gasteiger partial charge in [0.25, 0.3) is 0 Å². The molecule has 0 amide bonds. The summed E-state index contributed by atoms with van der Waals surface area (Å²) in [7, 11) is 1.78. The van der Waals surface area contributed by atoms with Gasteiger partial charge in [0.2, 0.25) is 0 Å². The zero-order valence-corrected chi connectivity index (χ0v) is 17.8. The Kier molecular flexibility index (Phi) is 6.12. The molecule has 1 aromatic carbocycles. The summed E-state index contributed by atoms with van der Waals surface area (Å²) in [4.78, 5) is 6.75. The maximum Gasteiger partial charge on any atom is 0.0528 e. The predicted molar refractivity (Wildman–Crippen MR) is 121 cm³/mol. The number of ether oxygens (including phenoxy) is 1. The molecule has 4 rings (SSSR count). The van der Waals surface area contributed by atoms with Gasteiger partial charge in [0.1, 0.15) is 0 Å².